The monoisotopic (exact) mass is 426 g/mol. The minimum absolute atomic E-state index is 0.000338. The number of nitrogens with one attached hydrogen (secondary N) is 1. The molecule has 0 unspecified atom stereocenters. The molecule has 0 aliphatic rings. The van der Waals surface area contributed by atoms with Crippen LogP contribution in [0.2, 0.25) is 5.02 Å². The van der Waals surface area contributed by atoms with Gasteiger partial charge in [0.1, 0.15) is 23.7 Å². The van der Waals surface area contributed by atoms with Crippen molar-refractivity contribution >= 4 is 23.4 Å². The van der Waals surface area contributed by atoms with Crippen molar-refractivity contribution < 1.29 is 18.1 Å². The number of carbonyl (C=O) groups excluding carboxylic acids is 1. The van der Waals surface area contributed by atoms with Crippen molar-refractivity contribution in [3.8, 4) is 22.5 Å². The zero-order valence-electron chi connectivity index (χ0n) is 15.3. The van der Waals surface area contributed by atoms with E-state index >= 15 is 0 Å². The lowest BCUT2D eigenvalue weighted by atomic mass is 10.0. The lowest BCUT2D eigenvalue weighted by Gasteiger charge is -2.07. The van der Waals surface area contributed by atoms with Crippen molar-refractivity contribution in [3.63, 3.8) is 0 Å². The molecule has 30 heavy (non-hydrogen) atoms. The summed E-state index contributed by atoms with van der Waals surface area (Å²) < 4.78 is 33.0. The Hall–Kier alpha value is -3.65. The van der Waals surface area contributed by atoms with E-state index in [1.54, 1.807) is 30.3 Å². The van der Waals surface area contributed by atoms with Crippen LogP contribution in [0, 0.1) is 11.6 Å². The molecule has 0 atom stereocenters. The summed E-state index contributed by atoms with van der Waals surface area (Å²) in [6.07, 6.45) is 2.77. The number of anilines is 1. The number of hydrogen-bond donors (Lipinski definition) is 1. The van der Waals surface area contributed by atoms with Gasteiger partial charge in [-0.2, -0.15) is 0 Å². The van der Waals surface area contributed by atoms with E-state index < -0.39 is 17.5 Å². The van der Waals surface area contributed by atoms with E-state index in [2.05, 4.69) is 20.4 Å². The van der Waals surface area contributed by atoms with Gasteiger partial charge in [-0.05, 0) is 29.8 Å². The molecule has 0 saturated carbocycles. The quantitative estimate of drug-likeness (QED) is 0.490. The molecule has 0 radical (unpaired) electrons. The highest BCUT2D eigenvalue weighted by atomic mass is 35.5. The lowest BCUT2D eigenvalue weighted by molar-refractivity contribution is -0.115. The van der Waals surface area contributed by atoms with E-state index in [-0.39, 0.29) is 29.1 Å². The van der Waals surface area contributed by atoms with Crippen molar-refractivity contribution in [1.29, 1.82) is 0 Å². The van der Waals surface area contributed by atoms with Gasteiger partial charge in [-0.1, -0.05) is 35.0 Å². The fourth-order valence-electron chi connectivity index (χ4n) is 2.90. The highest BCUT2D eigenvalue weighted by Crippen LogP contribution is 2.37. The first-order chi connectivity index (χ1) is 14.5. The smallest absolute Gasteiger partial charge is 0.241 e. The summed E-state index contributed by atoms with van der Waals surface area (Å²) in [6.45, 7) is 0. The molecule has 0 spiro atoms. The minimum Gasteiger partial charge on any atom is -0.337 e. The Labute approximate surface area is 174 Å². The van der Waals surface area contributed by atoms with Crippen LogP contribution in [0.4, 0.5) is 14.7 Å². The number of carbonyl (C=O) groups is 1. The summed E-state index contributed by atoms with van der Waals surface area (Å²) in [4.78, 5) is 20.6. The van der Waals surface area contributed by atoms with Crippen LogP contribution in [0.5, 0.6) is 0 Å². The Morgan fingerprint density at radius 2 is 1.97 bits per heavy atom. The Morgan fingerprint density at radius 1 is 1.13 bits per heavy atom. The van der Waals surface area contributed by atoms with E-state index in [9.17, 15) is 13.6 Å². The molecular formula is C21H13ClF2N4O2. The first-order valence-corrected chi connectivity index (χ1v) is 9.15. The standard InChI is InChI=1S/C21H13ClF2N4O2/c22-15-4-2-1-3-12(15)9-18(29)27-21-19(17-7-8-25-11-26-17)20(28-30-21)14-6-5-13(23)10-16(14)24/h1-8,10-11H,9H2,(H,27,29). The van der Waals surface area contributed by atoms with Gasteiger partial charge in [0.15, 0.2) is 0 Å². The minimum atomic E-state index is -0.826. The average molecular weight is 427 g/mol. The van der Waals surface area contributed by atoms with Crippen molar-refractivity contribution in [2.45, 2.75) is 6.42 Å². The summed E-state index contributed by atoms with van der Waals surface area (Å²) in [5, 5.41) is 6.97. The number of rotatable bonds is 5. The molecule has 4 aromatic rings. The summed E-state index contributed by atoms with van der Waals surface area (Å²) in [5.74, 6) is -1.99. The molecule has 4 rings (SSSR count). The molecule has 1 amide bonds. The van der Waals surface area contributed by atoms with E-state index in [1.807, 2.05) is 0 Å². The van der Waals surface area contributed by atoms with E-state index in [0.717, 1.165) is 12.1 Å². The van der Waals surface area contributed by atoms with Gasteiger partial charge >= 0.3 is 0 Å². The molecule has 150 valence electrons. The van der Waals surface area contributed by atoms with Gasteiger partial charge in [0, 0.05) is 22.8 Å². The van der Waals surface area contributed by atoms with Crippen LogP contribution >= 0.6 is 11.6 Å². The SMILES string of the molecule is O=C(Cc1ccccc1Cl)Nc1onc(-c2ccc(F)cc2F)c1-c1ccncn1. The highest BCUT2D eigenvalue weighted by molar-refractivity contribution is 6.31. The molecule has 2 heterocycles. The Balaban J connectivity index is 1.72. The number of halogens is 3. The third-order valence-electron chi connectivity index (χ3n) is 4.28. The molecule has 1 N–H and O–H groups in total. The molecule has 0 aliphatic carbocycles. The lowest BCUT2D eigenvalue weighted by Crippen LogP contribution is -2.14. The Kier molecular flexibility index (Phi) is 5.49. The second kappa shape index (κ2) is 8.38. The maximum Gasteiger partial charge on any atom is 0.241 e. The van der Waals surface area contributed by atoms with Crippen LogP contribution in [0.15, 0.2) is 65.6 Å². The zero-order chi connectivity index (χ0) is 21.1. The molecule has 9 heteroatoms. The number of amides is 1. The van der Waals surface area contributed by atoms with Gasteiger partial charge in [0.05, 0.1) is 17.7 Å². The van der Waals surface area contributed by atoms with Crippen molar-refractivity contribution in [3.05, 3.63) is 83.3 Å². The number of nitrogens with zero attached hydrogens (tertiary/aromatic N) is 3. The van der Waals surface area contributed by atoms with Gasteiger partial charge in [-0.15, -0.1) is 0 Å². The van der Waals surface area contributed by atoms with Crippen molar-refractivity contribution in [2.24, 2.45) is 0 Å². The number of hydrogen-bond acceptors (Lipinski definition) is 5. The van der Waals surface area contributed by atoms with Crippen LogP contribution < -0.4 is 5.32 Å². The second-order valence-electron chi connectivity index (χ2n) is 6.27. The average Bonchev–Trinajstić information content (AvgIpc) is 3.13. The molecule has 0 fully saturated rings. The van der Waals surface area contributed by atoms with Crippen LogP contribution in [-0.4, -0.2) is 21.0 Å². The van der Waals surface area contributed by atoms with E-state index in [4.69, 9.17) is 16.1 Å². The summed E-state index contributed by atoms with van der Waals surface area (Å²) in [5.41, 5.74) is 1.29. The van der Waals surface area contributed by atoms with Gasteiger partial charge in [-0.25, -0.2) is 18.7 Å². The van der Waals surface area contributed by atoms with E-state index in [0.29, 0.717) is 16.3 Å². The number of benzene rings is 2. The fraction of sp³-hybridized carbons (Fsp3) is 0.0476. The highest BCUT2D eigenvalue weighted by Gasteiger charge is 2.24. The van der Waals surface area contributed by atoms with Gasteiger partial charge < -0.3 is 4.52 Å². The number of aromatic nitrogens is 3. The molecule has 0 saturated heterocycles. The second-order valence-corrected chi connectivity index (χ2v) is 6.68. The predicted octanol–water partition coefficient (Wildman–Crippen LogP) is 4.91. The topological polar surface area (TPSA) is 80.9 Å². The van der Waals surface area contributed by atoms with Crippen LogP contribution in [-0.2, 0) is 11.2 Å². The summed E-state index contributed by atoms with van der Waals surface area (Å²) in [6, 6.07) is 11.6. The third-order valence-corrected chi connectivity index (χ3v) is 4.65. The first-order valence-electron chi connectivity index (χ1n) is 8.77. The van der Waals surface area contributed by atoms with Crippen LogP contribution in [0.25, 0.3) is 22.5 Å². The van der Waals surface area contributed by atoms with Gasteiger partial charge in [0.2, 0.25) is 11.8 Å². The Morgan fingerprint density at radius 3 is 2.70 bits per heavy atom. The molecule has 0 aliphatic heterocycles. The summed E-state index contributed by atoms with van der Waals surface area (Å²) >= 11 is 6.11. The maximum atomic E-state index is 14.4. The third kappa shape index (κ3) is 4.04. The predicted molar refractivity (Wildman–Crippen MR) is 107 cm³/mol. The van der Waals surface area contributed by atoms with Crippen molar-refractivity contribution in [1.82, 2.24) is 15.1 Å². The molecule has 6 nitrogen and oxygen atoms in total. The first kappa shape index (κ1) is 19.7. The largest absolute Gasteiger partial charge is 0.337 e. The van der Waals surface area contributed by atoms with Gasteiger partial charge in [-0.3, -0.25) is 10.1 Å². The molecule has 2 aromatic heterocycles. The summed E-state index contributed by atoms with van der Waals surface area (Å²) in [7, 11) is 0. The van der Waals surface area contributed by atoms with Gasteiger partial charge in [0.25, 0.3) is 0 Å². The zero-order valence-corrected chi connectivity index (χ0v) is 16.0. The van der Waals surface area contributed by atoms with Crippen LogP contribution in [0.1, 0.15) is 5.56 Å². The molecule has 2 aromatic carbocycles. The normalized spacial score (nSPS) is 10.8. The maximum absolute atomic E-state index is 14.4. The fourth-order valence-corrected chi connectivity index (χ4v) is 3.11. The Bertz CT molecular complexity index is 1210. The molecular weight excluding hydrogens is 414 g/mol. The van der Waals surface area contributed by atoms with Crippen LogP contribution in [0.3, 0.4) is 0 Å². The van der Waals surface area contributed by atoms with Crippen molar-refractivity contribution in [2.75, 3.05) is 5.32 Å². The van der Waals surface area contributed by atoms with E-state index in [1.165, 1.54) is 18.6 Å². The molecule has 0 bridgehead atoms.